The number of nitrogens with zero attached hydrogens (tertiary/aromatic N) is 2. The van der Waals surface area contributed by atoms with E-state index < -0.39 is 0 Å². The van der Waals surface area contributed by atoms with Gasteiger partial charge in [-0.25, -0.2) is 9.97 Å². The quantitative estimate of drug-likeness (QED) is 0.812. The second-order valence-corrected chi connectivity index (χ2v) is 3.59. The number of rotatable bonds is 2. The first-order valence-electron chi connectivity index (χ1n) is 4.63. The number of para-hydroxylation sites is 1. The van der Waals surface area contributed by atoms with Gasteiger partial charge in [0.15, 0.2) is 11.6 Å². The van der Waals surface area contributed by atoms with Gasteiger partial charge in [-0.1, -0.05) is 17.7 Å². The normalized spacial score (nSPS) is 10.1. The highest BCUT2D eigenvalue weighted by molar-refractivity contribution is 6.30. The molecule has 0 spiro atoms. The maximum absolute atomic E-state index is 5.79. The summed E-state index contributed by atoms with van der Waals surface area (Å²) in [5.74, 6) is 1.11. The number of benzene rings is 1. The summed E-state index contributed by atoms with van der Waals surface area (Å²) in [5, 5.41) is 0.492. The van der Waals surface area contributed by atoms with Gasteiger partial charge in [-0.15, -0.1) is 0 Å². The fourth-order valence-corrected chi connectivity index (χ4v) is 1.51. The van der Waals surface area contributed by atoms with Crippen molar-refractivity contribution >= 4 is 17.3 Å². The monoisotopic (exact) mass is 235 g/mol. The van der Waals surface area contributed by atoms with E-state index in [4.69, 9.17) is 22.1 Å². The lowest BCUT2D eigenvalue weighted by molar-refractivity contribution is 0.418. The van der Waals surface area contributed by atoms with Gasteiger partial charge in [0.05, 0.1) is 23.4 Å². The maximum Gasteiger partial charge on any atom is 0.163 e. The highest BCUT2D eigenvalue weighted by Crippen LogP contribution is 2.32. The zero-order valence-electron chi connectivity index (χ0n) is 8.64. The third-order valence-electron chi connectivity index (χ3n) is 2.11. The minimum atomic E-state index is 0.492. The first kappa shape index (κ1) is 10.7. The molecule has 2 N–H and O–H groups in total. The van der Waals surface area contributed by atoms with Gasteiger partial charge in [-0.05, 0) is 12.1 Å². The summed E-state index contributed by atoms with van der Waals surface area (Å²) < 4.78 is 5.22. The van der Waals surface area contributed by atoms with Crippen molar-refractivity contribution in [2.24, 2.45) is 0 Å². The molecule has 0 amide bonds. The zero-order chi connectivity index (χ0) is 11.5. The molecule has 16 heavy (non-hydrogen) atoms. The molecule has 0 saturated heterocycles. The molecule has 5 heteroatoms. The van der Waals surface area contributed by atoms with Gasteiger partial charge >= 0.3 is 0 Å². The number of nitrogens with two attached hydrogens (primary N) is 1. The predicted molar refractivity (Wildman–Crippen MR) is 63.4 cm³/mol. The molecule has 0 aliphatic carbocycles. The van der Waals surface area contributed by atoms with E-state index in [0.29, 0.717) is 22.3 Å². The van der Waals surface area contributed by atoms with Crippen LogP contribution in [0.4, 0.5) is 5.69 Å². The molecule has 4 nitrogen and oxygen atoms in total. The first-order valence-corrected chi connectivity index (χ1v) is 5.00. The van der Waals surface area contributed by atoms with E-state index in [1.807, 2.05) is 12.1 Å². The van der Waals surface area contributed by atoms with Crippen LogP contribution in [0.2, 0.25) is 5.02 Å². The molecule has 0 aliphatic rings. The van der Waals surface area contributed by atoms with Crippen LogP contribution >= 0.6 is 11.6 Å². The van der Waals surface area contributed by atoms with Crippen molar-refractivity contribution in [3.8, 4) is 17.1 Å². The van der Waals surface area contributed by atoms with Crippen LogP contribution in [0.15, 0.2) is 30.6 Å². The van der Waals surface area contributed by atoms with Crippen LogP contribution in [-0.2, 0) is 0 Å². The molecule has 1 aromatic carbocycles. The SMILES string of the molecule is COc1c(N)cccc1-c1ncc(Cl)cn1. The third-order valence-corrected chi connectivity index (χ3v) is 2.31. The Morgan fingerprint density at radius 1 is 1.25 bits per heavy atom. The Hall–Kier alpha value is -1.81. The largest absolute Gasteiger partial charge is 0.494 e. The van der Waals surface area contributed by atoms with Crippen molar-refractivity contribution < 1.29 is 4.74 Å². The van der Waals surface area contributed by atoms with Crippen LogP contribution in [-0.4, -0.2) is 17.1 Å². The van der Waals surface area contributed by atoms with E-state index in [1.54, 1.807) is 13.2 Å². The van der Waals surface area contributed by atoms with Gasteiger partial charge in [-0.2, -0.15) is 0 Å². The molecule has 0 unspecified atom stereocenters. The predicted octanol–water partition coefficient (Wildman–Crippen LogP) is 2.39. The molecular weight excluding hydrogens is 226 g/mol. The van der Waals surface area contributed by atoms with Crippen molar-refractivity contribution in [2.45, 2.75) is 0 Å². The molecule has 1 aromatic heterocycles. The molecular formula is C11H10ClN3O. The van der Waals surface area contributed by atoms with Gasteiger partial charge in [0, 0.05) is 12.4 Å². The van der Waals surface area contributed by atoms with Crippen molar-refractivity contribution in [3.05, 3.63) is 35.6 Å². The number of aromatic nitrogens is 2. The van der Waals surface area contributed by atoms with Crippen LogP contribution < -0.4 is 10.5 Å². The van der Waals surface area contributed by atoms with E-state index in [2.05, 4.69) is 9.97 Å². The molecule has 82 valence electrons. The fraction of sp³-hybridized carbons (Fsp3) is 0.0909. The number of methoxy groups -OCH3 is 1. The fourth-order valence-electron chi connectivity index (χ4n) is 1.41. The van der Waals surface area contributed by atoms with Gasteiger partial charge in [-0.3, -0.25) is 0 Å². The molecule has 0 aliphatic heterocycles. The molecule has 0 bridgehead atoms. The summed E-state index contributed by atoms with van der Waals surface area (Å²) in [6.07, 6.45) is 3.07. The first-order chi connectivity index (χ1) is 7.72. The van der Waals surface area contributed by atoms with Gasteiger partial charge in [0.2, 0.25) is 0 Å². The maximum atomic E-state index is 5.79. The third kappa shape index (κ3) is 1.92. The zero-order valence-corrected chi connectivity index (χ0v) is 9.40. The summed E-state index contributed by atoms with van der Waals surface area (Å²) >= 11 is 5.72. The summed E-state index contributed by atoms with van der Waals surface area (Å²) in [7, 11) is 1.56. The molecule has 0 radical (unpaired) electrons. The highest BCUT2D eigenvalue weighted by Gasteiger charge is 2.10. The average molecular weight is 236 g/mol. The minimum Gasteiger partial charge on any atom is -0.494 e. The molecule has 0 atom stereocenters. The van der Waals surface area contributed by atoms with Crippen molar-refractivity contribution in [3.63, 3.8) is 0 Å². The lowest BCUT2D eigenvalue weighted by Gasteiger charge is -2.09. The number of nitrogen functional groups attached to an aromatic ring is 1. The number of anilines is 1. The second-order valence-electron chi connectivity index (χ2n) is 3.15. The summed E-state index contributed by atoms with van der Waals surface area (Å²) in [5.41, 5.74) is 7.10. The Morgan fingerprint density at radius 3 is 2.56 bits per heavy atom. The summed E-state index contributed by atoms with van der Waals surface area (Å²) in [6.45, 7) is 0. The second kappa shape index (κ2) is 4.37. The standard InChI is InChI=1S/C11H10ClN3O/c1-16-10-8(3-2-4-9(10)13)11-14-5-7(12)6-15-11/h2-6H,13H2,1H3. The van der Waals surface area contributed by atoms with Gasteiger partial charge < -0.3 is 10.5 Å². The molecule has 2 rings (SSSR count). The lowest BCUT2D eigenvalue weighted by Crippen LogP contribution is -1.96. The number of hydrogen-bond acceptors (Lipinski definition) is 4. The topological polar surface area (TPSA) is 61.0 Å². The van der Waals surface area contributed by atoms with E-state index in [0.717, 1.165) is 5.56 Å². The van der Waals surface area contributed by atoms with E-state index in [-0.39, 0.29) is 0 Å². The van der Waals surface area contributed by atoms with E-state index in [1.165, 1.54) is 12.4 Å². The van der Waals surface area contributed by atoms with Crippen molar-refractivity contribution in [1.82, 2.24) is 9.97 Å². The molecule has 2 aromatic rings. The summed E-state index contributed by atoms with van der Waals surface area (Å²) in [4.78, 5) is 8.24. The molecule has 1 heterocycles. The number of halogens is 1. The Balaban J connectivity index is 2.55. The molecule has 0 fully saturated rings. The van der Waals surface area contributed by atoms with Crippen LogP contribution in [0.3, 0.4) is 0 Å². The van der Waals surface area contributed by atoms with Gasteiger partial charge in [0.25, 0.3) is 0 Å². The van der Waals surface area contributed by atoms with Crippen molar-refractivity contribution in [2.75, 3.05) is 12.8 Å². The van der Waals surface area contributed by atoms with Crippen LogP contribution in [0, 0.1) is 0 Å². The Morgan fingerprint density at radius 2 is 1.94 bits per heavy atom. The molecule has 0 saturated carbocycles. The Labute approximate surface area is 98.0 Å². The van der Waals surface area contributed by atoms with E-state index >= 15 is 0 Å². The van der Waals surface area contributed by atoms with Crippen molar-refractivity contribution in [1.29, 1.82) is 0 Å². The minimum absolute atomic E-state index is 0.492. The smallest absolute Gasteiger partial charge is 0.163 e. The van der Waals surface area contributed by atoms with Crippen LogP contribution in [0.5, 0.6) is 5.75 Å². The van der Waals surface area contributed by atoms with Crippen LogP contribution in [0.25, 0.3) is 11.4 Å². The Bertz CT molecular complexity index is 499. The average Bonchev–Trinajstić information content (AvgIpc) is 2.30. The highest BCUT2D eigenvalue weighted by atomic mass is 35.5. The van der Waals surface area contributed by atoms with Gasteiger partial charge in [0.1, 0.15) is 0 Å². The van der Waals surface area contributed by atoms with Crippen LogP contribution in [0.1, 0.15) is 0 Å². The summed E-state index contributed by atoms with van der Waals surface area (Å²) in [6, 6.07) is 5.43. The number of ether oxygens (including phenoxy) is 1. The Kier molecular flexibility index (Phi) is 2.92. The number of hydrogen-bond donors (Lipinski definition) is 1. The van der Waals surface area contributed by atoms with E-state index in [9.17, 15) is 0 Å². The lowest BCUT2D eigenvalue weighted by atomic mass is 10.1.